The summed E-state index contributed by atoms with van der Waals surface area (Å²) in [6, 6.07) is 8.25. The van der Waals surface area contributed by atoms with Crippen LogP contribution in [-0.2, 0) is 0 Å². The van der Waals surface area contributed by atoms with Crippen LogP contribution in [0, 0.1) is 30.1 Å². The molecular formula is C30H43N5O2. The van der Waals surface area contributed by atoms with Gasteiger partial charge in [0, 0.05) is 31.3 Å². The van der Waals surface area contributed by atoms with Crippen molar-refractivity contribution in [1.29, 1.82) is 5.26 Å². The van der Waals surface area contributed by atoms with E-state index in [0.29, 0.717) is 47.0 Å². The SMILES string of the molecule is CCCC(=O)c1ccc(C)c(Nc2nc(OC3CCCCC(C)CC3)nc(N(C)CC(C)C)c2C#N)c1. The van der Waals surface area contributed by atoms with Crippen molar-refractivity contribution in [3.63, 3.8) is 0 Å². The van der Waals surface area contributed by atoms with Gasteiger partial charge in [-0.25, -0.2) is 0 Å². The maximum Gasteiger partial charge on any atom is 0.320 e. The Hall–Kier alpha value is -3.14. The number of hydrogen-bond donors (Lipinski definition) is 1. The number of nitrogens with one attached hydrogen (secondary N) is 1. The predicted molar refractivity (Wildman–Crippen MR) is 150 cm³/mol. The van der Waals surface area contributed by atoms with E-state index in [4.69, 9.17) is 14.7 Å². The predicted octanol–water partition coefficient (Wildman–Crippen LogP) is 7.21. The topological polar surface area (TPSA) is 91.1 Å². The molecule has 1 fully saturated rings. The first-order valence-corrected chi connectivity index (χ1v) is 13.8. The minimum absolute atomic E-state index is 0.0588. The normalized spacial score (nSPS) is 18.0. The lowest BCUT2D eigenvalue weighted by Crippen LogP contribution is -2.26. The summed E-state index contributed by atoms with van der Waals surface area (Å²) in [4.78, 5) is 24.0. The maximum atomic E-state index is 12.5. The third-order valence-corrected chi connectivity index (χ3v) is 7.00. The number of nitrogens with zero attached hydrogens (tertiary/aromatic N) is 4. The molecule has 0 amide bonds. The fourth-order valence-corrected chi connectivity index (χ4v) is 4.91. The van der Waals surface area contributed by atoms with Gasteiger partial charge in [0.15, 0.2) is 17.4 Å². The number of ether oxygens (including phenoxy) is 1. The smallest absolute Gasteiger partial charge is 0.320 e. The first-order valence-electron chi connectivity index (χ1n) is 13.8. The quantitative estimate of drug-likeness (QED) is 0.341. The van der Waals surface area contributed by atoms with Gasteiger partial charge in [-0.1, -0.05) is 52.7 Å². The van der Waals surface area contributed by atoms with Gasteiger partial charge in [-0.3, -0.25) is 4.79 Å². The summed E-state index contributed by atoms with van der Waals surface area (Å²) in [5, 5.41) is 13.5. The van der Waals surface area contributed by atoms with Gasteiger partial charge in [0.2, 0.25) is 0 Å². The largest absolute Gasteiger partial charge is 0.460 e. The monoisotopic (exact) mass is 505 g/mol. The molecule has 2 unspecified atom stereocenters. The minimum Gasteiger partial charge on any atom is -0.460 e. The van der Waals surface area contributed by atoms with E-state index < -0.39 is 0 Å². The summed E-state index contributed by atoms with van der Waals surface area (Å²) < 4.78 is 6.38. The van der Waals surface area contributed by atoms with Gasteiger partial charge in [0.1, 0.15) is 17.7 Å². The van der Waals surface area contributed by atoms with E-state index >= 15 is 0 Å². The average Bonchev–Trinajstić information content (AvgIpc) is 2.84. The number of carbonyl (C=O) groups excluding carboxylic acids is 1. The highest BCUT2D eigenvalue weighted by Crippen LogP contribution is 2.32. The molecule has 1 aromatic heterocycles. The van der Waals surface area contributed by atoms with Gasteiger partial charge in [-0.15, -0.1) is 0 Å². The first kappa shape index (κ1) is 28.4. The van der Waals surface area contributed by atoms with E-state index in [9.17, 15) is 10.1 Å². The highest BCUT2D eigenvalue weighted by atomic mass is 16.5. The molecule has 1 aliphatic carbocycles. The third-order valence-electron chi connectivity index (χ3n) is 7.00. The molecule has 3 rings (SSSR count). The molecule has 0 bridgehead atoms. The van der Waals surface area contributed by atoms with Crippen molar-refractivity contribution >= 4 is 23.1 Å². The molecule has 7 heteroatoms. The minimum atomic E-state index is 0.0588. The van der Waals surface area contributed by atoms with Gasteiger partial charge in [-0.2, -0.15) is 15.2 Å². The van der Waals surface area contributed by atoms with Crippen LogP contribution in [0.3, 0.4) is 0 Å². The molecule has 37 heavy (non-hydrogen) atoms. The average molecular weight is 506 g/mol. The summed E-state index contributed by atoms with van der Waals surface area (Å²) in [5.74, 6) is 2.15. The van der Waals surface area contributed by atoms with Crippen molar-refractivity contribution in [3.8, 4) is 12.1 Å². The number of aryl methyl sites for hydroxylation is 1. The van der Waals surface area contributed by atoms with Crippen LogP contribution < -0.4 is 15.0 Å². The molecule has 0 aliphatic heterocycles. The van der Waals surface area contributed by atoms with Crippen LogP contribution in [0.1, 0.15) is 101 Å². The van der Waals surface area contributed by atoms with Gasteiger partial charge in [0.05, 0.1) is 0 Å². The van der Waals surface area contributed by atoms with E-state index in [-0.39, 0.29) is 11.9 Å². The van der Waals surface area contributed by atoms with E-state index in [1.807, 2.05) is 44.0 Å². The number of hydrogen-bond acceptors (Lipinski definition) is 7. The number of ketones is 1. The second kappa shape index (κ2) is 13.4. The standard InChI is InChI=1S/C30H43N5O2/c1-7-10-27(36)23-15-14-22(5)26(17-23)32-28-25(18-31)29(35(6)19-20(2)3)34-30(33-28)37-24-12-9-8-11-21(4)13-16-24/h14-15,17,20-21,24H,7-13,16,19H2,1-6H3,(H,32,33,34). The summed E-state index contributed by atoms with van der Waals surface area (Å²) in [5.41, 5.74) is 2.73. The summed E-state index contributed by atoms with van der Waals surface area (Å²) >= 11 is 0. The lowest BCUT2D eigenvalue weighted by Gasteiger charge is -2.26. The maximum absolute atomic E-state index is 12.5. The second-order valence-corrected chi connectivity index (χ2v) is 11.0. The third kappa shape index (κ3) is 7.92. The molecular weight excluding hydrogens is 462 g/mol. The van der Waals surface area contributed by atoms with Crippen LogP contribution in [0.5, 0.6) is 6.01 Å². The molecule has 1 aromatic carbocycles. The Kier molecular flexibility index (Phi) is 10.3. The van der Waals surface area contributed by atoms with Crippen LogP contribution in [0.15, 0.2) is 18.2 Å². The van der Waals surface area contributed by atoms with Gasteiger partial charge < -0.3 is 15.0 Å². The van der Waals surface area contributed by atoms with Crippen molar-refractivity contribution in [2.75, 3.05) is 23.8 Å². The van der Waals surface area contributed by atoms with Crippen molar-refractivity contribution in [3.05, 3.63) is 34.9 Å². The Morgan fingerprint density at radius 2 is 1.97 bits per heavy atom. The lowest BCUT2D eigenvalue weighted by molar-refractivity contribution is 0.0981. The van der Waals surface area contributed by atoms with Crippen LogP contribution in [0.2, 0.25) is 0 Å². The Balaban J connectivity index is 2.01. The summed E-state index contributed by atoms with van der Waals surface area (Å²) in [6.07, 6.45) is 8.07. The zero-order valence-electron chi connectivity index (χ0n) is 23.4. The van der Waals surface area contributed by atoms with E-state index in [1.165, 1.54) is 12.8 Å². The second-order valence-electron chi connectivity index (χ2n) is 11.0. The van der Waals surface area contributed by atoms with E-state index in [2.05, 4.69) is 32.2 Å². The van der Waals surface area contributed by atoms with Crippen molar-refractivity contribution < 1.29 is 9.53 Å². The fraction of sp³-hybridized carbons (Fsp3) is 0.600. The summed E-state index contributed by atoms with van der Waals surface area (Å²) in [6.45, 7) is 11.3. The molecule has 1 heterocycles. The Morgan fingerprint density at radius 1 is 1.22 bits per heavy atom. The van der Waals surface area contributed by atoms with Crippen LogP contribution >= 0.6 is 0 Å². The van der Waals surface area contributed by atoms with Crippen molar-refractivity contribution in [2.24, 2.45) is 11.8 Å². The number of anilines is 3. The highest BCUT2D eigenvalue weighted by molar-refractivity contribution is 5.97. The molecule has 1 N–H and O–H groups in total. The number of nitriles is 1. The van der Waals surface area contributed by atoms with E-state index in [0.717, 1.165) is 49.9 Å². The molecule has 1 saturated carbocycles. The van der Waals surface area contributed by atoms with Crippen LogP contribution in [0.25, 0.3) is 0 Å². The molecule has 2 aromatic rings. The van der Waals surface area contributed by atoms with Gasteiger partial charge >= 0.3 is 6.01 Å². The Morgan fingerprint density at radius 3 is 2.68 bits per heavy atom. The number of aromatic nitrogens is 2. The lowest BCUT2D eigenvalue weighted by atomic mass is 9.91. The number of benzene rings is 1. The molecule has 2 atom stereocenters. The molecule has 0 saturated heterocycles. The molecule has 200 valence electrons. The molecule has 0 spiro atoms. The fourth-order valence-electron chi connectivity index (χ4n) is 4.91. The zero-order chi connectivity index (χ0) is 26.9. The number of rotatable bonds is 10. The molecule has 0 radical (unpaired) electrons. The van der Waals surface area contributed by atoms with Crippen molar-refractivity contribution in [2.45, 2.75) is 92.1 Å². The first-order chi connectivity index (χ1) is 17.7. The zero-order valence-corrected chi connectivity index (χ0v) is 23.4. The van der Waals surface area contributed by atoms with Crippen molar-refractivity contribution in [1.82, 2.24) is 9.97 Å². The molecule has 1 aliphatic rings. The summed E-state index contributed by atoms with van der Waals surface area (Å²) in [7, 11) is 1.95. The molecule has 7 nitrogen and oxygen atoms in total. The number of carbonyl (C=O) groups is 1. The van der Waals surface area contributed by atoms with Gasteiger partial charge in [-0.05, 0) is 62.5 Å². The van der Waals surface area contributed by atoms with Crippen LogP contribution in [0.4, 0.5) is 17.3 Å². The van der Waals surface area contributed by atoms with Gasteiger partial charge in [0.25, 0.3) is 0 Å². The highest BCUT2D eigenvalue weighted by Gasteiger charge is 2.23. The Labute approximate surface area is 222 Å². The number of Topliss-reactive ketones (excluding diaryl/α,β-unsaturated/α-hetero) is 1. The van der Waals surface area contributed by atoms with Crippen LogP contribution in [-0.4, -0.2) is 35.4 Å². The van der Waals surface area contributed by atoms with E-state index in [1.54, 1.807) is 0 Å². The Bertz CT molecular complexity index is 1110.